The Labute approximate surface area is 95.7 Å². The molecule has 0 bridgehead atoms. The van der Waals surface area contributed by atoms with Crippen LogP contribution < -0.4 is 5.43 Å². The molecule has 0 aromatic carbocycles. The molecular weight excluding hydrogens is 262 g/mol. The molecule has 1 rings (SSSR count). The minimum Gasteiger partial charge on any atom is -0.464 e. The van der Waals surface area contributed by atoms with E-state index in [9.17, 15) is 4.79 Å². The number of anilines is 1. The maximum Gasteiger partial charge on any atom is 0.353 e. The van der Waals surface area contributed by atoms with E-state index in [0.717, 1.165) is 4.60 Å². The van der Waals surface area contributed by atoms with E-state index >= 15 is 0 Å². The molecule has 0 aliphatic carbocycles. The van der Waals surface area contributed by atoms with Crippen molar-refractivity contribution in [3.63, 3.8) is 0 Å². The number of hydrazone groups is 1. The van der Waals surface area contributed by atoms with E-state index in [0.29, 0.717) is 5.69 Å². The van der Waals surface area contributed by atoms with Crippen molar-refractivity contribution in [2.75, 3.05) is 12.5 Å². The number of hydrogen-bond donors (Lipinski definition) is 1. The summed E-state index contributed by atoms with van der Waals surface area (Å²) in [4.78, 5) is 15.0. The van der Waals surface area contributed by atoms with Gasteiger partial charge in [0.2, 0.25) is 0 Å². The highest BCUT2D eigenvalue weighted by molar-refractivity contribution is 9.10. The van der Waals surface area contributed by atoms with Gasteiger partial charge in [-0.25, -0.2) is 9.78 Å². The van der Waals surface area contributed by atoms with Gasteiger partial charge in [0.15, 0.2) is 0 Å². The van der Waals surface area contributed by atoms with Gasteiger partial charge in [0.25, 0.3) is 0 Å². The number of esters is 1. The minimum absolute atomic E-state index is 0.250. The second-order valence-electron chi connectivity index (χ2n) is 2.67. The molecule has 0 fully saturated rings. The van der Waals surface area contributed by atoms with Crippen molar-refractivity contribution in [2.24, 2.45) is 5.10 Å². The average molecular weight is 272 g/mol. The maximum atomic E-state index is 11.0. The Bertz CT molecular complexity index is 375. The lowest BCUT2D eigenvalue weighted by molar-refractivity contribution is -0.132. The summed E-state index contributed by atoms with van der Waals surface area (Å²) in [7, 11) is 1.31. The number of rotatable bonds is 3. The van der Waals surface area contributed by atoms with Gasteiger partial charge in [-0.15, -0.1) is 0 Å². The molecule has 0 radical (unpaired) electrons. The fraction of sp³-hybridized carbons (Fsp3) is 0.222. The fourth-order valence-corrected chi connectivity index (χ4v) is 1.02. The first-order valence-electron chi connectivity index (χ1n) is 4.13. The highest BCUT2D eigenvalue weighted by Crippen LogP contribution is 2.10. The molecule has 0 unspecified atom stereocenters. The highest BCUT2D eigenvalue weighted by Gasteiger charge is 2.03. The normalized spacial score (nSPS) is 11.0. The summed E-state index contributed by atoms with van der Waals surface area (Å²) in [6.07, 6.45) is 1.60. The average Bonchev–Trinajstić information content (AvgIpc) is 2.26. The first-order chi connectivity index (χ1) is 7.13. The molecule has 80 valence electrons. The van der Waals surface area contributed by atoms with Crippen LogP contribution in [-0.4, -0.2) is 23.8 Å². The summed E-state index contributed by atoms with van der Waals surface area (Å²) < 4.78 is 5.22. The SMILES string of the molecule is COC(=O)C(C)=NNc1ccc(Br)nc1. The van der Waals surface area contributed by atoms with Gasteiger partial charge in [0.1, 0.15) is 10.3 Å². The number of aromatic nitrogens is 1. The number of ether oxygens (including phenoxy) is 1. The van der Waals surface area contributed by atoms with Gasteiger partial charge >= 0.3 is 5.97 Å². The monoisotopic (exact) mass is 271 g/mol. The molecule has 1 N–H and O–H groups in total. The molecule has 0 saturated heterocycles. The first-order valence-corrected chi connectivity index (χ1v) is 4.93. The zero-order chi connectivity index (χ0) is 11.3. The van der Waals surface area contributed by atoms with Gasteiger partial charge in [-0.1, -0.05) is 0 Å². The van der Waals surface area contributed by atoms with Crippen LogP contribution in [0.15, 0.2) is 28.0 Å². The Morgan fingerprint density at radius 2 is 2.33 bits per heavy atom. The molecule has 1 heterocycles. The van der Waals surface area contributed by atoms with E-state index in [1.165, 1.54) is 7.11 Å². The summed E-state index contributed by atoms with van der Waals surface area (Å²) in [6, 6.07) is 3.55. The van der Waals surface area contributed by atoms with Gasteiger partial charge in [-0.05, 0) is 35.0 Å². The predicted octanol–water partition coefficient (Wildman–Crippen LogP) is 1.80. The number of nitrogens with zero attached hydrogens (tertiary/aromatic N) is 2. The van der Waals surface area contributed by atoms with E-state index in [2.05, 4.69) is 36.2 Å². The van der Waals surface area contributed by atoms with Gasteiger partial charge in [0, 0.05) is 0 Å². The van der Waals surface area contributed by atoms with Crippen LogP contribution in [-0.2, 0) is 9.53 Å². The van der Waals surface area contributed by atoms with Crippen molar-refractivity contribution in [1.82, 2.24) is 4.98 Å². The van der Waals surface area contributed by atoms with Gasteiger partial charge in [-0.2, -0.15) is 5.10 Å². The van der Waals surface area contributed by atoms with E-state index in [1.54, 1.807) is 25.3 Å². The van der Waals surface area contributed by atoms with E-state index in [-0.39, 0.29) is 5.71 Å². The molecule has 1 aromatic rings. The van der Waals surface area contributed by atoms with Crippen molar-refractivity contribution in [2.45, 2.75) is 6.92 Å². The molecule has 0 atom stereocenters. The van der Waals surface area contributed by atoms with E-state index < -0.39 is 5.97 Å². The topological polar surface area (TPSA) is 63.6 Å². The van der Waals surface area contributed by atoms with Crippen LogP contribution in [0.25, 0.3) is 0 Å². The molecule has 1 aromatic heterocycles. The van der Waals surface area contributed by atoms with Crippen LogP contribution in [0.3, 0.4) is 0 Å². The molecule has 15 heavy (non-hydrogen) atoms. The number of halogens is 1. The number of carbonyl (C=O) groups is 1. The summed E-state index contributed by atoms with van der Waals surface area (Å²) in [5.74, 6) is -0.465. The van der Waals surface area contributed by atoms with Crippen LogP contribution in [0.5, 0.6) is 0 Å². The molecule has 0 amide bonds. The second kappa shape index (κ2) is 5.45. The largest absolute Gasteiger partial charge is 0.464 e. The van der Waals surface area contributed by atoms with Crippen molar-refractivity contribution < 1.29 is 9.53 Å². The van der Waals surface area contributed by atoms with Crippen molar-refractivity contribution in [3.8, 4) is 0 Å². The Hall–Kier alpha value is -1.43. The van der Waals surface area contributed by atoms with Crippen molar-refractivity contribution in [3.05, 3.63) is 22.9 Å². The van der Waals surface area contributed by atoms with Gasteiger partial charge in [0.05, 0.1) is 19.0 Å². The molecule has 6 heteroatoms. The number of nitrogens with one attached hydrogen (secondary N) is 1. The molecule has 0 aliphatic heterocycles. The van der Waals surface area contributed by atoms with E-state index in [4.69, 9.17) is 0 Å². The Kier molecular flexibility index (Phi) is 4.23. The molecule has 0 aliphatic rings. The second-order valence-corrected chi connectivity index (χ2v) is 3.48. The molecule has 0 saturated carbocycles. The van der Waals surface area contributed by atoms with Crippen molar-refractivity contribution >= 4 is 33.3 Å². The highest BCUT2D eigenvalue weighted by atomic mass is 79.9. The summed E-state index contributed by atoms with van der Waals surface area (Å²) in [5, 5.41) is 3.83. The third kappa shape index (κ3) is 3.67. The number of pyridine rings is 1. The van der Waals surface area contributed by atoms with Crippen LogP contribution in [0.4, 0.5) is 5.69 Å². The summed E-state index contributed by atoms with van der Waals surface area (Å²) in [5.41, 5.74) is 3.64. The van der Waals surface area contributed by atoms with Gasteiger partial charge < -0.3 is 4.74 Å². The van der Waals surface area contributed by atoms with Crippen LogP contribution in [0.1, 0.15) is 6.92 Å². The summed E-state index contributed by atoms with van der Waals surface area (Å²) in [6.45, 7) is 1.56. The first kappa shape index (κ1) is 11.6. The molecular formula is C9H10BrN3O2. The van der Waals surface area contributed by atoms with Crippen molar-refractivity contribution in [1.29, 1.82) is 0 Å². The predicted molar refractivity (Wildman–Crippen MR) is 60.7 cm³/mol. The zero-order valence-corrected chi connectivity index (χ0v) is 9.91. The number of carbonyl (C=O) groups excluding carboxylic acids is 1. The number of methoxy groups -OCH3 is 1. The fourth-order valence-electron chi connectivity index (χ4n) is 0.784. The van der Waals surface area contributed by atoms with E-state index in [1.807, 2.05) is 0 Å². The maximum absolute atomic E-state index is 11.0. The lowest BCUT2D eigenvalue weighted by Crippen LogP contribution is -2.13. The quantitative estimate of drug-likeness (QED) is 0.394. The zero-order valence-electron chi connectivity index (χ0n) is 8.32. The molecule has 0 spiro atoms. The smallest absolute Gasteiger partial charge is 0.353 e. The van der Waals surface area contributed by atoms with Crippen LogP contribution >= 0.6 is 15.9 Å². The third-order valence-electron chi connectivity index (χ3n) is 1.56. The lowest BCUT2D eigenvalue weighted by Gasteiger charge is -2.01. The number of hydrogen-bond acceptors (Lipinski definition) is 5. The van der Waals surface area contributed by atoms with Crippen LogP contribution in [0.2, 0.25) is 0 Å². The minimum atomic E-state index is -0.465. The summed E-state index contributed by atoms with van der Waals surface area (Å²) >= 11 is 3.21. The molecule has 5 nitrogen and oxygen atoms in total. The Morgan fingerprint density at radius 3 is 2.87 bits per heavy atom. The third-order valence-corrected chi connectivity index (χ3v) is 2.03. The van der Waals surface area contributed by atoms with Crippen LogP contribution in [0, 0.1) is 0 Å². The standard InChI is InChI=1S/C9H10BrN3O2/c1-6(9(14)15-2)12-13-7-3-4-8(10)11-5-7/h3-5,13H,1-2H3. The Balaban J connectivity index is 2.63. The van der Waals surface area contributed by atoms with Gasteiger partial charge in [-0.3, -0.25) is 5.43 Å². The lowest BCUT2D eigenvalue weighted by atomic mass is 10.4. The Morgan fingerprint density at radius 1 is 1.60 bits per heavy atom.